The molecule has 0 aliphatic heterocycles. The van der Waals surface area contributed by atoms with Crippen molar-refractivity contribution in [2.24, 2.45) is 5.41 Å². The second-order valence-corrected chi connectivity index (χ2v) is 7.92. The molecule has 0 bridgehead atoms. The van der Waals surface area contributed by atoms with Crippen molar-refractivity contribution in [2.45, 2.75) is 48.5 Å². The second-order valence-electron chi connectivity index (χ2n) is 5.97. The van der Waals surface area contributed by atoms with E-state index in [1.807, 2.05) is 0 Å². The number of rotatable bonds is 2. The summed E-state index contributed by atoms with van der Waals surface area (Å²) in [4.78, 5) is 3.49. The topological polar surface area (TPSA) is 15.8 Å². The predicted molar refractivity (Wildman–Crippen MR) is 74.8 cm³/mol. The van der Waals surface area contributed by atoms with Crippen molar-refractivity contribution in [3.8, 4) is 0 Å². The first-order chi connectivity index (χ1) is 8.26. The molecule has 0 fully saturated rings. The molecule has 1 nitrogen and oxygen atoms in total. The van der Waals surface area contributed by atoms with Crippen molar-refractivity contribution in [2.75, 3.05) is 0 Å². The van der Waals surface area contributed by atoms with Gasteiger partial charge in [0.05, 0.1) is 0 Å². The molecule has 0 amide bonds. The predicted octanol–water partition coefficient (Wildman–Crippen LogP) is 3.99. The van der Waals surface area contributed by atoms with Crippen LogP contribution in [0.3, 0.4) is 0 Å². The zero-order chi connectivity index (χ0) is 13.7. The Morgan fingerprint density at radius 2 is 1.61 bits per heavy atom. The summed E-state index contributed by atoms with van der Waals surface area (Å²) in [7, 11) is 0. The number of hydrogen-bond acceptors (Lipinski definition) is 0. The van der Waals surface area contributed by atoms with Gasteiger partial charge in [-0.2, -0.15) is 0 Å². The molecule has 2 heteroatoms. The maximum atomic E-state index is 3.49. The molecular formula is C16H23NTi. The van der Waals surface area contributed by atoms with Crippen molar-refractivity contribution in [3.05, 3.63) is 37.9 Å². The van der Waals surface area contributed by atoms with Gasteiger partial charge < -0.3 is 0 Å². The third kappa shape index (κ3) is 1.98. The van der Waals surface area contributed by atoms with Crippen LogP contribution in [0.2, 0.25) is 0 Å². The molecule has 1 aromatic rings. The summed E-state index contributed by atoms with van der Waals surface area (Å²) in [5.41, 5.74) is 7.74. The van der Waals surface area contributed by atoms with Gasteiger partial charge in [-0.25, -0.2) is 0 Å². The molecule has 0 unspecified atom stereocenters. The Morgan fingerprint density at radius 3 is 2.00 bits per heavy atom. The van der Waals surface area contributed by atoms with E-state index in [-0.39, 0.29) is 24.6 Å². The van der Waals surface area contributed by atoms with Gasteiger partial charge in [-0.15, -0.1) is 0 Å². The quantitative estimate of drug-likeness (QED) is 0.787. The second kappa shape index (κ2) is 4.54. The monoisotopic (exact) mass is 277 g/mol. The first kappa shape index (κ1) is 13.9. The summed E-state index contributed by atoms with van der Waals surface area (Å²) in [5, 5.41) is 0. The molecular weight excluding hydrogens is 254 g/mol. The van der Waals surface area contributed by atoms with Crippen LogP contribution in [0.1, 0.15) is 45.7 Å². The Labute approximate surface area is 120 Å². The zero-order valence-corrected chi connectivity index (χ0v) is 14.1. The molecule has 1 N–H and O–H groups in total. The van der Waals surface area contributed by atoms with Crippen LogP contribution in [0.5, 0.6) is 0 Å². The van der Waals surface area contributed by atoms with Gasteiger partial charge in [-0.3, -0.25) is 0 Å². The van der Waals surface area contributed by atoms with E-state index < -0.39 is 0 Å². The summed E-state index contributed by atoms with van der Waals surface area (Å²) < 4.78 is 3.19. The molecule has 1 heterocycles. The Balaban J connectivity index is 2.40. The summed E-state index contributed by atoms with van der Waals surface area (Å²) in [5.74, 6) is 0. The summed E-state index contributed by atoms with van der Waals surface area (Å²) in [6.07, 6.45) is 2.15. The van der Waals surface area contributed by atoms with Crippen molar-refractivity contribution in [1.29, 1.82) is 0 Å². The van der Waals surface area contributed by atoms with Gasteiger partial charge in [0.25, 0.3) is 0 Å². The molecule has 0 saturated carbocycles. The standard InChI is InChI=1S/C10H15.C6H8N.Ti/c1-7-6-10(4,5)9(3)8(7)2;1-5-3-7-4-6(5)2;/h1-5H3;3,7H,1-2H3;. The minimum atomic E-state index is -0.233. The van der Waals surface area contributed by atoms with Crippen LogP contribution >= 0.6 is 0 Å². The fourth-order valence-corrected chi connectivity index (χ4v) is 5.28. The number of hydrogen-bond donors (Lipinski definition) is 1. The Morgan fingerprint density at radius 1 is 1.00 bits per heavy atom. The molecule has 0 spiro atoms. The minimum absolute atomic E-state index is 0.233. The molecule has 2 rings (SSSR count). The van der Waals surface area contributed by atoms with Gasteiger partial charge in [-0.05, 0) is 0 Å². The zero-order valence-electron chi connectivity index (χ0n) is 12.6. The normalized spacial score (nSPS) is 18.8. The number of aromatic amines is 1. The van der Waals surface area contributed by atoms with Crippen molar-refractivity contribution in [3.63, 3.8) is 0 Å². The third-order valence-corrected chi connectivity index (χ3v) is 7.87. The Hall–Kier alpha value is -0.526. The van der Waals surface area contributed by atoms with Crippen LogP contribution in [-0.4, -0.2) is 4.98 Å². The maximum absolute atomic E-state index is 3.49. The molecule has 96 valence electrons. The third-order valence-electron chi connectivity index (χ3n) is 4.71. The van der Waals surface area contributed by atoms with Crippen LogP contribution < -0.4 is 4.00 Å². The van der Waals surface area contributed by atoms with Crippen molar-refractivity contribution in [1.82, 2.24) is 4.98 Å². The molecule has 1 aliphatic rings. The SMILES string of the molecule is CC1=C(C)C(C)(C)[C]([Ti][c]2[nH]cc(C)c2C)=C1C. The first-order valence-electron chi connectivity index (χ1n) is 6.58. The number of allylic oxidation sites excluding steroid dienone is 4. The number of nitrogens with one attached hydrogen (secondary N) is 1. The fourth-order valence-electron chi connectivity index (χ4n) is 2.69. The van der Waals surface area contributed by atoms with Gasteiger partial charge >= 0.3 is 120 Å². The fraction of sp³-hybridized carbons (Fsp3) is 0.500. The summed E-state index contributed by atoms with van der Waals surface area (Å²) >= 11 is -0.233. The van der Waals surface area contributed by atoms with Crippen molar-refractivity contribution >= 4 is 4.00 Å². The molecule has 0 radical (unpaired) electrons. The van der Waals surface area contributed by atoms with E-state index in [9.17, 15) is 0 Å². The molecule has 1 aromatic heterocycles. The molecule has 0 aromatic carbocycles. The average molecular weight is 277 g/mol. The Kier molecular flexibility index (Phi) is 3.51. The number of aromatic nitrogens is 1. The van der Waals surface area contributed by atoms with Gasteiger partial charge in [0.15, 0.2) is 0 Å². The van der Waals surface area contributed by atoms with Crippen LogP contribution in [0.4, 0.5) is 0 Å². The van der Waals surface area contributed by atoms with Gasteiger partial charge in [-0.1, -0.05) is 0 Å². The first-order valence-corrected chi connectivity index (χ1v) is 8.14. The van der Waals surface area contributed by atoms with E-state index >= 15 is 0 Å². The molecule has 1 aliphatic carbocycles. The van der Waals surface area contributed by atoms with Gasteiger partial charge in [0.1, 0.15) is 0 Å². The number of H-pyrrole nitrogens is 1. The molecule has 0 atom stereocenters. The van der Waals surface area contributed by atoms with Gasteiger partial charge in [0.2, 0.25) is 0 Å². The van der Waals surface area contributed by atoms with E-state index in [4.69, 9.17) is 0 Å². The van der Waals surface area contributed by atoms with E-state index in [1.54, 1.807) is 15.0 Å². The summed E-state index contributed by atoms with van der Waals surface area (Å²) in [6, 6.07) is 0. The molecule has 18 heavy (non-hydrogen) atoms. The Bertz CT molecular complexity index is 556. The van der Waals surface area contributed by atoms with Crippen LogP contribution in [0, 0.1) is 19.3 Å². The van der Waals surface area contributed by atoms with Gasteiger partial charge in [0, 0.05) is 0 Å². The molecule has 0 saturated heterocycles. The summed E-state index contributed by atoms with van der Waals surface area (Å²) in [6.45, 7) is 16.1. The van der Waals surface area contributed by atoms with E-state index in [0.29, 0.717) is 0 Å². The van der Waals surface area contributed by atoms with E-state index in [0.717, 1.165) is 0 Å². The van der Waals surface area contributed by atoms with E-state index in [2.05, 4.69) is 59.6 Å². The van der Waals surface area contributed by atoms with E-state index in [1.165, 1.54) is 20.7 Å². The van der Waals surface area contributed by atoms with Crippen molar-refractivity contribution < 1.29 is 19.2 Å². The van der Waals surface area contributed by atoms with Crippen LogP contribution in [0.25, 0.3) is 0 Å². The van der Waals surface area contributed by atoms with Crippen LogP contribution in [-0.2, 0) is 19.2 Å². The average Bonchev–Trinajstić information content (AvgIpc) is 2.69. The number of aryl methyl sites for hydroxylation is 1. The van der Waals surface area contributed by atoms with Crippen LogP contribution in [0.15, 0.2) is 26.8 Å².